The number of carbonyl (C=O) groups excluding carboxylic acids is 4. The number of hydrogen-bond acceptors (Lipinski definition) is 11. The molecule has 1 heterocycles. The molecule has 4 rings (SSSR count). The molecule has 0 bridgehead atoms. The van der Waals surface area contributed by atoms with Crippen LogP contribution < -0.4 is 19.7 Å². The average Bonchev–Trinajstić information content (AvgIpc) is 3.44. The molecule has 0 aromatic heterocycles. The highest BCUT2D eigenvalue weighted by Gasteiger charge is 2.31. The molecule has 3 aromatic rings. The minimum atomic E-state index is -3.20. The van der Waals surface area contributed by atoms with Crippen LogP contribution in [0, 0.1) is 6.57 Å². The fraction of sp³-hybridized carbons (Fsp3) is 0.216. The van der Waals surface area contributed by atoms with E-state index in [0.717, 1.165) is 43.4 Å². The number of benzene rings is 3. The predicted molar refractivity (Wildman–Crippen MR) is 204 cm³/mol. The lowest BCUT2D eigenvalue weighted by Crippen LogP contribution is -2.26. The highest BCUT2D eigenvalue weighted by molar-refractivity contribution is 7.89. The van der Waals surface area contributed by atoms with Gasteiger partial charge in [0.15, 0.2) is 0 Å². The predicted octanol–water partition coefficient (Wildman–Crippen LogP) is 2.71. The maximum Gasteiger partial charge on any atom is 0.330 e. The SMILES string of the molecule is C=CC(=O)OCCNS(C)(=O)=O.C=CC(=O)OCCNS(C)(=O)=O.[C-]#[N+]C1=C(c2ccc(N(Cc3ccccc3)Cc3ccccc3)cc2)C(=O)NC1=O. The molecule has 0 fully saturated rings. The zero-order valence-electron chi connectivity index (χ0n) is 29.7. The molecular formula is C37H41N5O10S2. The van der Waals surface area contributed by atoms with E-state index < -0.39 is 43.8 Å². The molecular weight excluding hydrogens is 739 g/mol. The molecule has 1 aliphatic heterocycles. The smallest absolute Gasteiger partial charge is 0.330 e. The van der Waals surface area contributed by atoms with Gasteiger partial charge in [0, 0.05) is 44.0 Å². The van der Waals surface area contributed by atoms with Gasteiger partial charge >= 0.3 is 11.9 Å². The lowest BCUT2D eigenvalue weighted by Gasteiger charge is -2.25. The van der Waals surface area contributed by atoms with Crippen LogP contribution in [0.4, 0.5) is 5.69 Å². The molecule has 0 atom stereocenters. The summed E-state index contributed by atoms with van der Waals surface area (Å²) in [6, 6.07) is 27.9. The first-order valence-electron chi connectivity index (χ1n) is 15.9. The number of anilines is 1. The van der Waals surface area contributed by atoms with Crippen LogP contribution in [-0.4, -0.2) is 79.4 Å². The largest absolute Gasteiger partial charge is 0.461 e. The minimum Gasteiger partial charge on any atom is -0.461 e. The number of rotatable bonds is 16. The number of ether oxygens (including phenoxy) is 2. The van der Waals surface area contributed by atoms with Gasteiger partial charge in [-0.05, 0) is 28.8 Å². The van der Waals surface area contributed by atoms with Crippen LogP contribution in [0.3, 0.4) is 0 Å². The van der Waals surface area contributed by atoms with Gasteiger partial charge in [0.2, 0.25) is 26.0 Å². The Morgan fingerprint density at radius 1 is 0.741 bits per heavy atom. The molecule has 0 unspecified atom stereocenters. The van der Waals surface area contributed by atoms with Crippen molar-refractivity contribution in [1.29, 1.82) is 0 Å². The third kappa shape index (κ3) is 17.1. The summed E-state index contributed by atoms with van der Waals surface area (Å²) in [5.74, 6) is -2.29. The standard InChI is InChI=1S/C25H19N3O2.2C6H11NO4S/c1-26-23-22(24(29)27-25(23)30)20-12-14-21(15-13-20)28(16-18-8-4-2-5-9-18)17-19-10-6-3-7-11-19;2*1-3-6(8)11-5-4-7-12(2,9)10/h2-15H,16-17H2,(H,27,29,30);2*3,7H,1,4-5H2,2H3. The Bertz CT molecular complexity index is 1970. The van der Waals surface area contributed by atoms with Crippen molar-refractivity contribution in [3.05, 3.63) is 144 Å². The number of imide groups is 1. The Labute approximate surface area is 315 Å². The Hall–Kier alpha value is -5.93. The summed E-state index contributed by atoms with van der Waals surface area (Å²) in [6.45, 7) is 15.2. The van der Waals surface area contributed by atoms with Crippen molar-refractivity contribution >= 4 is 55.1 Å². The van der Waals surface area contributed by atoms with E-state index in [1.54, 1.807) is 12.1 Å². The molecule has 3 N–H and O–H groups in total. The van der Waals surface area contributed by atoms with Crippen LogP contribution in [0.25, 0.3) is 10.4 Å². The number of nitrogens with one attached hydrogen (secondary N) is 3. The monoisotopic (exact) mass is 779 g/mol. The molecule has 0 radical (unpaired) electrons. The fourth-order valence-corrected chi connectivity index (χ4v) is 5.29. The Kier molecular flexibility index (Phi) is 18.2. The molecule has 286 valence electrons. The van der Waals surface area contributed by atoms with Crippen LogP contribution in [0.15, 0.2) is 116 Å². The molecule has 17 heteroatoms. The number of carbonyl (C=O) groups is 4. The van der Waals surface area contributed by atoms with Gasteiger partial charge in [0.1, 0.15) is 13.2 Å². The van der Waals surface area contributed by atoms with E-state index in [1.165, 1.54) is 11.1 Å². The van der Waals surface area contributed by atoms with Gasteiger partial charge in [-0.2, -0.15) is 0 Å². The van der Waals surface area contributed by atoms with Crippen LogP contribution in [-0.2, 0) is 61.8 Å². The van der Waals surface area contributed by atoms with E-state index in [2.05, 4.69) is 71.4 Å². The first-order chi connectivity index (χ1) is 25.6. The van der Waals surface area contributed by atoms with Crippen LogP contribution >= 0.6 is 0 Å². The lowest BCUT2D eigenvalue weighted by molar-refractivity contribution is -0.138. The van der Waals surface area contributed by atoms with Crippen molar-refractivity contribution in [1.82, 2.24) is 14.8 Å². The maximum atomic E-state index is 12.1. The van der Waals surface area contributed by atoms with Gasteiger partial charge < -0.3 is 14.4 Å². The third-order valence-electron chi connectivity index (χ3n) is 6.73. The topological polar surface area (TPSA) is 199 Å². The number of amides is 2. The number of nitrogens with zero attached hydrogens (tertiary/aromatic N) is 2. The van der Waals surface area contributed by atoms with Crippen molar-refractivity contribution in [2.24, 2.45) is 0 Å². The van der Waals surface area contributed by atoms with Crippen molar-refractivity contribution in [3.8, 4) is 0 Å². The van der Waals surface area contributed by atoms with E-state index >= 15 is 0 Å². The first-order valence-corrected chi connectivity index (χ1v) is 19.7. The first kappa shape index (κ1) is 44.2. The van der Waals surface area contributed by atoms with Gasteiger partial charge in [-0.25, -0.2) is 40.7 Å². The van der Waals surface area contributed by atoms with Gasteiger partial charge in [-0.15, -0.1) is 0 Å². The normalized spacial score (nSPS) is 12.1. The maximum absolute atomic E-state index is 12.1. The summed E-state index contributed by atoms with van der Waals surface area (Å²) in [7, 11) is -6.39. The number of hydrogen-bond donors (Lipinski definition) is 3. The van der Waals surface area contributed by atoms with Crippen molar-refractivity contribution in [2.75, 3.05) is 43.7 Å². The summed E-state index contributed by atoms with van der Waals surface area (Å²) >= 11 is 0. The van der Waals surface area contributed by atoms with Crippen molar-refractivity contribution in [2.45, 2.75) is 13.1 Å². The zero-order chi connectivity index (χ0) is 40.1. The highest BCUT2D eigenvalue weighted by Crippen LogP contribution is 2.28. The summed E-state index contributed by atoms with van der Waals surface area (Å²) < 4.78 is 55.2. The molecule has 3 aromatic carbocycles. The molecule has 1 aliphatic rings. The van der Waals surface area contributed by atoms with Gasteiger partial charge in [0.25, 0.3) is 11.6 Å². The quantitative estimate of drug-likeness (QED) is 0.0636. The minimum absolute atomic E-state index is 0.0118. The molecule has 0 aliphatic carbocycles. The summed E-state index contributed by atoms with van der Waals surface area (Å²) in [4.78, 5) is 50.2. The van der Waals surface area contributed by atoms with Crippen LogP contribution in [0.2, 0.25) is 0 Å². The molecule has 0 spiro atoms. The molecule has 2 amide bonds. The lowest BCUT2D eigenvalue weighted by atomic mass is 10.0. The molecule has 15 nitrogen and oxygen atoms in total. The van der Waals surface area contributed by atoms with Crippen LogP contribution in [0.5, 0.6) is 0 Å². The third-order valence-corrected chi connectivity index (χ3v) is 8.18. The Morgan fingerprint density at radius 2 is 1.17 bits per heavy atom. The van der Waals surface area contributed by atoms with Gasteiger partial charge in [-0.3, -0.25) is 14.9 Å². The zero-order valence-corrected chi connectivity index (χ0v) is 31.3. The van der Waals surface area contributed by atoms with E-state index in [4.69, 9.17) is 6.57 Å². The molecule has 0 saturated carbocycles. The highest BCUT2D eigenvalue weighted by atomic mass is 32.2. The summed E-state index contributed by atoms with van der Waals surface area (Å²) in [5.41, 5.74) is 3.92. The van der Waals surface area contributed by atoms with E-state index in [0.29, 0.717) is 5.56 Å². The number of sulfonamides is 2. The number of esters is 2. The van der Waals surface area contributed by atoms with Crippen molar-refractivity contribution in [3.63, 3.8) is 0 Å². The second-order valence-electron chi connectivity index (χ2n) is 11.1. The molecule has 0 saturated heterocycles. The Balaban J connectivity index is 0.000000348. The molecule has 54 heavy (non-hydrogen) atoms. The average molecular weight is 780 g/mol. The summed E-state index contributed by atoms with van der Waals surface area (Å²) in [5, 5.41) is 2.19. The van der Waals surface area contributed by atoms with E-state index in [-0.39, 0.29) is 37.6 Å². The van der Waals surface area contributed by atoms with E-state index in [1.807, 2.05) is 48.5 Å². The van der Waals surface area contributed by atoms with Gasteiger partial charge in [0.05, 0.1) is 24.7 Å². The fourth-order valence-electron chi connectivity index (χ4n) is 4.38. The van der Waals surface area contributed by atoms with Crippen LogP contribution in [0.1, 0.15) is 16.7 Å². The Morgan fingerprint density at radius 3 is 1.54 bits per heavy atom. The second kappa shape index (κ2) is 22.2. The second-order valence-corrected chi connectivity index (χ2v) is 14.7. The van der Waals surface area contributed by atoms with Crippen molar-refractivity contribution < 1.29 is 45.5 Å². The van der Waals surface area contributed by atoms with E-state index in [9.17, 15) is 36.0 Å². The van der Waals surface area contributed by atoms with Gasteiger partial charge in [-0.1, -0.05) is 86.0 Å². The summed E-state index contributed by atoms with van der Waals surface area (Å²) in [6.07, 6.45) is 4.09.